The highest BCUT2D eigenvalue weighted by molar-refractivity contribution is 6.46. The Balaban J connectivity index is 1.58. The van der Waals surface area contributed by atoms with Crippen LogP contribution in [-0.2, 0) is 9.59 Å². The Morgan fingerprint density at radius 2 is 1.58 bits per heavy atom. The maximum absolute atomic E-state index is 13.4. The second-order valence-corrected chi connectivity index (χ2v) is 7.38. The highest BCUT2D eigenvalue weighted by Crippen LogP contribution is 2.37. The third-order valence-electron chi connectivity index (χ3n) is 5.22. The summed E-state index contributed by atoms with van der Waals surface area (Å²) in [7, 11) is 0. The number of fused-ring (bicyclic) bond motifs is 1. The van der Waals surface area contributed by atoms with Crippen molar-refractivity contribution in [2.75, 3.05) is 23.4 Å². The first-order chi connectivity index (χ1) is 15.1. The Hall–Kier alpha value is -4.06. The molecule has 6 nitrogen and oxygen atoms in total. The van der Waals surface area contributed by atoms with Gasteiger partial charge in [0.05, 0.1) is 11.3 Å². The van der Waals surface area contributed by atoms with Gasteiger partial charge in [-0.3, -0.25) is 9.59 Å². The highest BCUT2D eigenvalue weighted by atomic mass is 16.6. The minimum Gasteiger partial charge on any atom is -0.486 e. The van der Waals surface area contributed by atoms with E-state index in [0.29, 0.717) is 47.2 Å². The minimum atomic E-state index is -0.399. The number of anilines is 2. The van der Waals surface area contributed by atoms with Crippen molar-refractivity contribution in [3.63, 3.8) is 0 Å². The van der Waals surface area contributed by atoms with Crippen molar-refractivity contribution in [3.05, 3.63) is 89.6 Å². The molecule has 0 atom stereocenters. The molecule has 2 amide bonds. The van der Waals surface area contributed by atoms with E-state index in [0.717, 1.165) is 5.56 Å². The molecule has 0 aliphatic carbocycles. The average Bonchev–Trinajstić information content (AvgIpc) is 3.03. The number of nitrogens with one attached hydrogen (secondary N) is 1. The van der Waals surface area contributed by atoms with Gasteiger partial charge in [-0.15, -0.1) is 0 Å². The largest absolute Gasteiger partial charge is 0.486 e. The molecule has 1 N–H and O–H groups in total. The fourth-order valence-corrected chi connectivity index (χ4v) is 3.79. The number of imide groups is 1. The van der Waals surface area contributed by atoms with Crippen LogP contribution in [0.4, 0.5) is 11.4 Å². The van der Waals surface area contributed by atoms with Crippen LogP contribution in [0, 0.1) is 6.92 Å². The lowest BCUT2D eigenvalue weighted by Gasteiger charge is -2.19. The lowest BCUT2D eigenvalue weighted by molar-refractivity contribution is -0.120. The van der Waals surface area contributed by atoms with Crippen LogP contribution < -0.4 is 19.7 Å². The Bertz CT molecular complexity index is 1220. The first-order valence-electron chi connectivity index (χ1n) is 10.0. The van der Waals surface area contributed by atoms with Crippen molar-refractivity contribution in [1.82, 2.24) is 0 Å². The maximum Gasteiger partial charge on any atom is 0.282 e. The zero-order valence-electron chi connectivity index (χ0n) is 16.9. The Morgan fingerprint density at radius 3 is 2.35 bits per heavy atom. The van der Waals surface area contributed by atoms with Gasteiger partial charge < -0.3 is 14.8 Å². The average molecular weight is 412 g/mol. The number of benzene rings is 3. The molecule has 5 rings (SSSR count). The second-order valence-electron chi connectivity index (χ2n) is 7.38. The van der Waals surface area contributed by atoms with Gasteiger partial charge in [-0.25, -0.2) is 4.90 Å². The number of hydrogen-bond donors (Lipinski definition) is 1. The van der Waals surface area contributed by atoms with Crippen LogP contribution in [0.15, 0.2) is 78.5 Å². The molecule has 0 bridgehead atoms. The fourth-order valence-electron chi connectivity index (χ4n) is 3.79. The summed E-state index contributed by atoms with van der Waals surface area (Å²) in [4.78, 5) is 28.1. The van der Waals surface area contributed by atoms with E-state index in [1.54, 1.807) is 24.3 Å². The number of carbonyl (C=O) groups is 2. The van der Waals surface area contributed by atoms with Crippen LogP contribution in [0.1, 0.15) is 11.1 Å². The zero-order valence-corrected chi connectivity index (χ0v) is 16.9. The van der Waals surface area contributed by atoms with Crippen LogP contribution in [-0.4, -0.2) is 25.0 Å². The summed E-state index contributed by atoms with van der Waals surface area (Å²) < 4.78 is 11.2. The van der Waals surface area contributed by atoms with Crippen molar-refractivity contribution in [2.45, 2.75) is 6.92 Å². The third-order valence-corrected chi connectivity index (χ3v) is 5.22. The number of hydrogen-bond acceptors (Lipinski definition) is 5. The van der Waals surface area contributed by atoms with Crippen molar-refractivity contribution < 1.29 is 19.1 Å². The monoisotopic (exact) mass is 412 g/mol. The van der Waals surface area contributed by atoms with E-state index in [9.17, 15) is 9.59 Å². The number of rotatable bonds is 4. The normalized spacial score (nSPS) is 15.5. The van der Waals surface area contributed by atoms with E-state index < -0.39 is 5.91 Å². The molecule has 2 heterocycles. The highest BCUT2D eigenvalue weighted by Gasteiger charge is 2.40. The molecule has 3 aromatic rings. The van der Waals surface area contributed by atoms with E-state index >= 15 is 0 Å². The van der Waals surface area contributed by atoms with Crippen molar-refractivity contribution in [3.8, 4) is 11.5 Å². The van der Waals surface area contributed by atoms with Crippen molar-refractivity contribution >= 4 is 28.8 Å². The van der Waals surface area contributed by atoms with Crippen molar-refractivity contribution in [2.24, 2.45) is 0 Å². The maximum atomic E-state index is 13.4. The van der Waals surface area contributed by atoms with Gasteiger partial charge in [0, 0.05) is 11.8 Å². The molecule has 0 aromatic heterocycles. The van der Waals surface area contributed by atoms with Gasteiger partial charge in [-0.2, -0.15) is 0 Å². The van der Waals surface area contributed by atoms with E-state index in [4.69, 9.17) is 9.47 Å². The van der Waals surface area contributed by atoms with Gasteiger partial charge >= 0.3 is 0 Å². The summed E-state index contributed by atoms with van der Waals surface area (Å²) in [6.45, 7) is 2.89. The molecule has 154 valence electrons. The molecule has 3 aromatic carbocycles. The van der Waals surface area contributed by atoms with Gasteiger partial charge in [0.2, 0.25) is 0 Å². The number of amides is 2. The van der Waals surface area contributed by atoms with Crippen LogP contribution in [0.5, 0.6) is 11.5 Å². The predicted octanol–water partition coefficient (Wildman–Crippen LogP) is 4.16. The van der Waals surface area contributed by atoms with Crippen LogP contribution in [0.2, 0.25) is 0 Å². The summed E-state index contributed by atoms with van der Waals surface area (Å²) in [6.07, 6.45) is 0. The first kappa shape index (κ1) is 18.9. The second kappa shape index (κ2) is 7.65. The van der Waals surface area contributed by atoms with Crippen molar-refractivity contribution in [1.29, 1.82) is 0 Å². The Kier molecular flexibility index (Phi) is 4.67. The van der Waals surface area contributed by atoms with Gasteiger partial charge in [0.25, 0.3) is 11.8 Å². The molecule has 0 saturated heterocycles. The molecule has 0 fully saturated rings. The molecule has 2 aliphatic heterocycles. The van der Waals surface area contributed by atoms with Gasteiger partial charge in [-0.05, 0) is 42.3 Å². The van der Waals surface area contributed by atoms with Crippen LogP contribution >= 0.6 is 0 Å². The number of nitrogens with zero attached hydrogens (tertiary/aromatic N) is 1. The summed E-state index contributed by atoms with van der Waals surface area (Å²) in [6, 6.07) is 21.9. The van der Waals surface area contributed by atoms with Crippen LogP contribution in [0.25, 0.3) is 5.57 Å². The molecule has 0 saturated carbocycles. The smallest absolute Gasteiger partial charge is 0.282 e. The third kappa shape index (κ3) is 3.42. The molecule has 31 heavy (non-hydrogen) atoms. The fraction of sp³-hybridized carbons (Fsp3) is 0.120. The van der Waals surface area contributed by atoms with E-state index in [1.807, 2.05) is 55.5 Å². The lowest BCUT2D eigenvalue weighted by Crippen LogP contribution is -2.32. The molecule has 2 aliphatic rings. The zero-order chi connectivity index (χ0) is 21.4. The first-order valence-corrected chi connectivity index (χ1v) is 10.0. The predicted molar refractivity (Wildman–Crippen MR) is 118 cm³/mol. The van der Waals surface area contributed by atoms with Gasteiger partial charge in [0.15, 0.2) is 11.5 Å². The van der Waals surface area contributed by atoms with E-state index in [1.165, 1.54) is 4.90 Å². The number of ether oxygens (including phenoxy) is 2. The molecule has 6 heteroatoms. The van der Waals surface area contributed by atoms with E-state index in [-0.39, 0.29) is 11.6 Å². The summed E-state index contributed by atoms with van der Waals surface area (Å²) in [5.74, 6) is 0.501. The minimum absolute atomic E-state index is 0.231. The molecular formula is C25H20N2O4. The number of carbonyl (C=O) groups excluding carboxylic acids is 2. The molecule has 0 unspecified atom stereocenters. The molecule has 0 spiro atoms. The van der Waals surface area contributed by atoms with Crippen LogP contribution in [0.3, 0.4) is 0 Å². The summed E-state index contributed by atoms with van der Waals surface area (Å²) >= 11 is 0. The topological polar surface area (TPSA) is 67.9 Å². The standard InChI is InChI=1S/C25H20N2O4/c1-16-6-5-9-19(14-16)27-24(28)22(17-7-3-2-4-8-17)23(25(27)29)26-18-10-11-20-21(15-18)31-13-12-30-20/h2-11,14-15,26H,12-13H2,1H3. The summed E-state index contributed by atoms with van der Waals surface area (Å²) in [5, 5.41) is 3.17. The SMILES string of the molecule is Cc1cccc(N2C(=O)C(Nc3ccc4c(c3)OCCO4)=C(c3ccccc3)C2=O)c1. The molecular weight excluding hydrogens is 392 g/mol. The Morgan fingerprint density at radius 1 is 0.806 bits per heavy atom. The Labute approximate surface area is 179 Å². The summed E-state index contributed by atoms with van der Waals surface area (Å²) in [5.41, 5.74) is 3.39. The molecule has 0 radical (unpaired) electrons. The van der Waals surface area contributed by atoms with Gasteiger partial charge in [-0.1, -0.05) is 42.5 Å². The van der Waals surface area contributed by atoms with Gasteiger partial charge in [0.1, 0.15) is 18.9 Å². The number of aryl methyl sites for hydroxylation is 1. The quantitative estimate of drug-likeness (QED) is 0.652. The van der Waals surface area contributed by atoms with E-state index in [2.05, 4.69) is 5.32 Å². The lowest BCUT2D eigenvalue weighted by atomic mass is 10.0.